The molecule has 0 radical (unpaired) electrons. The number of nitrogens with zero attached hydrogens (tertiary/aromatic N) is 2. The smallest absolute Gasteiger partial charge is 0.126 e. The minimum atomic E-state index is 0.700. The maximum absolute atomic E-state index is 6.23. The molecule has 3 nitrogen and oxygen atoms in total. The molecule has 1 saturated carbocycles. The molecule has 0 unspecified atom stereocenters. The Labute approximate surface area is 115 Å². The van der Waals surface area contributed by atoms with Gasteiger partial charge in [0.2, 0.25) is 0 Å². The summed E-state index contributed by atoms with van der Waals surface area (Å²) in [5, 5.41) is 3.99. The van der Waals surface area contributed by atoms with Gasteiger partial charge in [-0.2, -0.15) is 0 Å². The van der Waals surface area contributed by atoms with Gasteiger partial charge in [-0.15, -0.1) is 0 Å². The first-order valence-electron chi connectivity index (χ1n) is 6.80. The van der Waals surface area contributed by atoms with Gasteiger partial charge < -0.3 is 5.32 Å². The molecule has 4 heteroatoms. The van der Waals surface area contributed by atoms with Crippen molar-refractivity contribution >= 4 is 17.4 Å². The van der Waals surface area contributed by atoms with Crippen LogP contribution < -0.4 is 5.32 Å². The highest BCUT2D eigenvalue weighted by molar-refractivity contribution is 6.31. The topological polar surface area (TPSA) is 28.2 Å². The third kappa shape index (κ3) is 3.36. The fourth-order valence-corrected chi connectivity index (χ4v) is 2.75. The molecule has 0 atom stereocenters. The van der Waals surface area contributed by atoms with Crippen molar-refractivity contribution in [2.45, 2.75) is 45.2 Å². The van der Waals surface area contributed by atoms with Gasteiger partial charge in [-0.25, -0.2) is 4.98 Å². The maximum Gasteiger partial charge on any atom is 0.126 e. The highest BCUT2D eigenvalue weighted by atomic mass is 35.5. The van der Waals surface area contributed by atoms with Gasteiger partial charge in [0.05, 0.1) is 10.7 Å². The molecule has 1 fully saturated rings. The molecule has 1 aromatic rings. The number of pyridine rings is 1. The molecule has 2 rings (SSSR count). The molecule has 0 amide bonds. The molecule has 1 aliphatic carbocycles. The van der Waals surface area contributed by atoms with E-state index in [4.69, 9.17) is 11.6 Å². The summed E-state index contributed by atoms with van der Waals surface area (Å²) in [5.74, 6) is 0.914. The van der Waals surface area contributed by atoms with E-state index in [9.17, 15) is 0 Å². The van der Waals surface area contributed by atoms with Crippen LogP contribution in [-0.4, -0.2) is 29.5 Å². The number of hydrogen-bond acceptors (Lipinski definition) is 3. The van der Waals surface area contributed by atoms with Crippen LogP contribution in [0.1, 0.15) is 38.3 Å². The lowest BCUT2D eigenvalue weighted by Crippen LogP contribution is -2.29. The predicted octanol–water partition coefficient (Wildman–Crippen LogP) is 3.54. The van der Waals surface area contributed by atoms with Gasteiger partial charge in [0.1, 0.15) is 5.82 Å². The number of anilines is 1. The van der Waals surface area contributed by atoms with Gasteiger partial charge in [0.15, 0.2) is 0 Å². The number of rotatable bonds is 5. The second-order valence-corrected chi connectivity index (χ2v) is 5.42. The number of hydrogen-bond donors (Lipinski definition) is 1. The lowest BCUT2D eigenvalue weighted by Gasteiger charge is -2.24. The zero-order valence-corrected chi connectivity index (χ0v) is 12.0. The van der Waals surface area contributed by atoms with Gasteiger partial charge >= 0.3 is 0 Å². The van der Waals surface area contributed by atoms with E-state index in [0.717, 1.165) is 29.6 Å². The zero-order chi connectivity index (χ0) is 13.0. The summed E-state index contributed by atoms with van der Waals surface area (Å²) in [6.07, 6.45) is 5.32. The van der Waals surface area contributed by atoms with E-state index in [2.05, 4.69) is 29.2 Å². The van der Waals surface area contributed by atoms with E-state index in [1.807, 2.05) is 12.1 Å². The van der Waals surface area contributed by atoms with Gasteiger partial charge in [-0.1, -0.05) is 24.4 Å². The van der Waals surface area contributed by atoms with E-state index in [-0.39, 0.29) is 0 Å². The Bertz CT molecular complexity index is 389. The van der Waals surface area contributed by atoms with Crippen LogP contribution in [0.3, 0.4) is 0 Å². The van der Waals surface area contributed by atoms with E-state index in [0.29, 0.717) is 6.04 Å². The molecular formula is C14H22ClN3. The summed E-state index contributed by atoms with van der Waals surface area (Å²) in [4.78, 5) is 6.97. The summed E-state index contributed by atoms with van der Waals surface area (Å²) in [6.45, 7) is 3.79. The summed E-state index contributed by atoms with van der Waals surface area (Å²) in [5.41, 5.74) is 0.976. The molecular weight excluding hydrogens is 246 g/mol. The molecule has 0 aliphatic heterocycles. The molecule has 0 bridgehead atoms. The van der Waals surface area contributed by atoms with Crippen LogP contribution in [0.15, 0.2) is 12.1 Å². The third-order valence-corrected chi connectivity index (χ3v) is 3.97. The second kappa shape index (κ2) is 6.39. The first-order chi connectivity index (χ1) is 8.70. The van der Waals surface area contributed by atoms with Crippen LogP contribution in [0.4, 0.5) is 5.82 Å². The lowest BCUT2D eigenvalue weighted by atomic mass is 10.2. The second-order valence-electron chi connectivity index (χ2n) is 5.01. The van der Waals surface area contributed by atoms with Crippen molar-refractivity contribution in [1.29, 1.82) is 0 Å². The van der Waals surface area contributed by atoms with Crippen LogP contribution in [0, 0.1) is 0 Å². The molecule has 1 aliphatic rings. The largest absolute Gasteiger partial charge is 0.370 e. The van der Waals surface area contributed by atoms with Crippen LogP contribution in [0.2, 0.25) is 5.02 Å². The Hall–Kier alpha value is -0.800. The van der Waals surface area contributed by atoms with Crippen LogP contribution in [0.25, 0.3) is 0 Å². The fourth-order valence-electron chi connectivity index (χ4n) is 2.59. The lowest BCUT2D eigenvalue weighted by molar-refractivity contribution is 0.235. The number of nitrogens with one attached hydrogen (secondary N) is 1. The van der Waals surface area contributed by atoms with Crippen molar-refractivity contribution in [3.05, 3.63) is 22.8 Å². The predicted molar refractivity (Wildman–Crippen MR) is 77.1 cm³/mol. The highest BCUT2D eigenvalue weighted by Crippen LogP contribution is 2.25. The molecule has 1 N–H and O–H groups in total. The SMILES string of the molecule is CCNc1ccc(Cl)c(CN(C)C2CCCC2)n1. The average Bonchev–Trinajstić information content (AvgIpc) is 2.87. The Balaban J connectivity index is 2.04. The van der Waals surface area contributed by atoms with Gasteiger partial charge in [-0.3, -0.25) is 4.90 Å². The minimum absolute atomic E-state index is 0.700. The van der Waals surface area contributed by atoms with E-state index in [1.54, 1.807) is 0 Å². The molecule has 1 heterocycles. The minimum Gasteiger partial charge on any atom is -0.370 e. The van der Waals surface area contributed by atoms with Crippen molar-refractivity contribution in [2.24, 2.45) is 0 Å². The third-order valence-electron chi connectivity index (χ3n) is 3.62. The number of halogens is 1. The molecule has 1 aromatic heterocycles. The number of aromatic nitrogens is 1. The van der Waals surface area contributed by atoms with Crippen molar-refractivity contribution < 1.29 is 0 Å². The Morgan fingerprint density at radius 1 is 1.39 bits per heavy atom. The van der Waals surface area contributed by atoms with Crippen molar-refractivity contribution in [3.8, 4) is 0 Å². The molecule has 0 spiro atoms. The van der Waals surface area contributed by atoms with E-state index in [1.165, 1.54) is 25.7 Å². The van der Waals surface area contributed by atoms with Crippen LogP contribution >= 0.6 is 11.6 Å². The highest BCUT2D eigenvalue weighted by Gasteiger charge is 2.20. The van der Waals surface area contributed by atoms with E-state index >= 15 is 0 Å². The molecule has 0 saturated heterocycles. The normalized spacial score (nSPS) is 16.4. The quantitative estimate of drug-likeness (QED) is 0.884. The summed E-state index contributed by atoms with van der Waals surface area (Å²) < 4.78 is 0. The molecule has 18 heavy (non-hydrogen) atoms. The van der Waals surface area contributed by atoms with Crippen molar-refractivity contribution in [2.75, 3.05) is 18.9 Å². The van der Waals surface area contributed by atoms with Crippen molar-refractivity contribution in [1.82, 2.24) is 9.88 Å². The van der Waals surface area contributed by atoms with Gasteiger partial charge in [0, 0.05) is 19.1 Å². The Morgan fingerprint density at radius 3 is 2.78 bits per heavy atom. The average molecular weight is 268 g/mol. The summed E-state index contributed by atoms with van der Waals surface area (Å²) >= 11 is 6.23. The summed E-state index contributed by atoms with van der Waals surface area (Å²) in [7, 11) is 2.17. The fraction of sp³-hybridized carbons (Fsp3) is 0.643. The Kier molecular flexibility index (Phi) is 4.84. The summed E-state index contributed by atoms with van der Waals surface area (Å²) in [6, 6.07) is 4.57. The maximum atomic E-state index is 6.23. The van der Waals surface area contributed by atoms with Gasteiger partial charge in [-0.05, 0) is 38.9 Å². The first-order valence-corrected chi connectivity index (χ1v) is 7.18. The standard InChI is InChI=1S/C14H22ClN3/c1-3-16-14-9-8-12(15)13(17-14)10-18(2)11-6-4-5-7-11/h8-9,11H,3-7,10H2,1-2H3,(H,16,17). The Morgan fingerprint density at radius 2 is 2.11 bits per heavy atom. The van der Waals surface area contributed by atoms with E-state index < -0.39 is 0 Å². The molecule has 100 valence electrons. The zero-order valence-electron chi connectivity index (χ0n) is 11.2. The first kappa shape index (κ1) is 13.6. The van der Waals surface area contributed by atoms with Crippen LogP contribution in [-0.2, 0) is 6.54 Å². The van der Waals surface area contributed by atoms with Gasteiger partial charge in [0.25, 0.3) is 0 Å². The van der Waals surface area contributed by atoms with Crippen LogP contribution in [0.5, 0.6) is 0 Å². The molecule has 0 aromatic carbocycles. The monoisotopic (exact) mass is 267 g/mol. The van der Waals surface area contributed by atoms with Crippen molar-refractivity contribution in [3.63, 3.8) is 0 Å².